The lowest BCUT2D eigenvalue weighted by Gasteiger charge is -2.10. The van der Waals surface area contributed by atoms with E-state index in [4.69, 9.17) is 5.10 Å². The molecule has 0 aromatic heterocycles. The smallest absolute Gasteiger partial charge is 0.282 e. The molecule has 0 bridgehead atoms. The molecule has 7 nitrogen and oxygen atoms in total. The molecule has 1 aliphatic carbocycles. The maximum atomic E-state index is 13.4. The molecule has 0 saturated heterocycles. The van der Waals surface area contributed by atoms with Crippen molar-refractivity contribution in [3.8, 4) is 16.9 Å². The van der Waals surface area contributed by atoms with Gasteiger partial charge in [-0.2, -0.15) is 9.78 Å². The summed E-state index contributed by atoms with van der Waals surface area (Å²) in [7, 11) is 4.02. The Hall–Kier alpha value is -3.45. The summed E-state index contributed by atoms with van der Waals surface area (Å²) in [6.07, 6.45) is 3.07. The van der Waals surface area contributed by atoms with Crippen LogP contribution in [0.15, 0.2) is 53.3 Å². The zero-order valence-electron chi connectivity index (χ0n) is 18.4. The van der Waals surface area contributed by atoms with Gasteiger partial charge in [-0.1, -0.05) is 18.2 Å². The first-order valence-electron chi connectivity index (χ1n) is 11.1. The lowest BCUT2D eigenvalue weighted by Crippen LogP contribution is -2.27. The zero-order chi connectivity index (χ0) is 22.2. The van der Waals surface area contributed by atoms with Crippen LogP contribution in [0.3, 0.4) is 0 Å². The number of benzene rings is 2. The van der Waals surface area contributed by atoms with Crippen molar-refractivity contribution < 1.29 is 4.79 Å². The maximum absolute atomic E-state index is 13.4. The average molecular weight is 430 g/mol. The summed E-state index contributed by atoms with van der Waals surface area (Å²) in [6, 6.07) is 15.0. The summed E-state index contributed by atoms with van der Waals surface area (Å²) in [5, 5.41) is 8.59. The fourth-order valence-corrected chi connectivity index (χ4v) is 4.15. The van der Waals surface area contributed by atoms with Crippen LogP contribution < -0.4 is 10.9 Å². The highest BCUT2D eigenvalue weighted by atomic mass is 16.1. The lowest BCUT2D eigenvalue weighted by atomic mass is 10.0. The topological polar surface area (TPSA) is 83.0 Å². The molecule has 2 heterocycles. The fourth-order valence-electron chi connectivity index (χ4n) is 4.15. The van der Waals surface area contributed by atoms with Gasteiger partial charge in [0.05, 0.1) is 11.3 Å². The third-order valence-corrected chi connectivity index (χ3v) is 5.99. The highest BCUT2D eigenvalue weighted by Gasteiger charge is 2.32. The molecular weight excluding hydrogens is 402 g/mol. The van der Waals surface area contributed by atoms with E-state index >= 15 is 0 Å². The minimum absolute atomic E-state index is 0.111. The molecule has 2 aromatic rings. The Morgan fingerprint density at radius 1 is 1.16 bits per heavy atom. The molecule has 0 atom stereocenters. The molecule has 0 radical (unpaired) electrons. The highest BCUT2D eigenvalue weighted by Crippen LogP contribution is 2.44. The number of para-hydroxylation sites is 1. The second kappa shape index (κ2) is 8.24. The Morgan fingerprint density at radius 2 is 1.91 bits per heavy atom. The SMILES string of the molecule is CN(C)CCCNC(=O)c1ccc(-n2nc3c4ccccc4[nH]c(C4CC4)c-3c2=O)cc1. The first-order valence-corrected chi connectivity index (χ1v) is 11.1. The van der Waals surface area contributed by atoms with Crippen molar-refractivity contribution in [1.29, 1.82) is 0 Å². The Morgan fingerprint density at radius 3 is 2.62 bits per heavy atom. The van der Waals surface area contributed by atoms with Crippen LogP contribution in [0.2, 0.25) is 0 Å². The summed E-state index contributed by atoms with van der Waals surface area (Å²) < 4.78 is 1.45. The average Bonchev–Trinajstić information content (AvgIpc) is 3.59. The Balaban J connectivity index is 1.46. The van der Waals surface area contributed by atoms with Crippen molar-refractivity contribution in [1.82, 2.24) is 25.0 Å². The standard InChI is InChI=1S/C25H27N5O2/c1-29(2)15-5-14-26-24(31)17-10-12-18(13-11-17)30-25(32)21-22(16-8-9-16)27-20-7-4-3-6-19(20)23(21)28-30/h3-4,6-7,10-13,16,27H,5,8-9,14-15H2,1-2H3,(H,26,31). The van der Waals surface area contributed by atoms with E-state index in [0.29, 0.717) is 29.3 Å². The van der Waals surface area contributed by atoms with E-state index in [2.05, 4.69) is 15.2 Å². The fraction of sp³-hybridized carbons (Fsp3) is 0.320. The van der Waals surface area contributed by atoms with Gasteiger partial charge >= 0.3 is 0 Å². The zero-order valence-corrected chi connectivity index (χ0v) is 18.4. The van der Waals surface area contributed by atoms with Gasteiger partial charge in [-0.3, -0.25) is 9.59 Å². The van der Waals surface area contributed by atoms with Crippen molar-refractivity contribution in [2.24, 2.45) is 0 Å². The molecule has 0 unspecified atom stereocenters. The van der Waals surface area contributed by atoms with Crippen molar-refractivity contribution in [3.05, 3.63) is 70.1 Å². The number of rotatable bonds is 7. The number of carbonyl (C=O) groups is 1. The molecule has 2 aromatic carbocycles. The molecule has 2 aliphatic heterocycles. The van der Waals surface area contributed by atoms with Crippen LogP contribution in [-0.4, -0.2) is 52.8 Å². The summed E-state index contributed by atoms with van der Waals surface area (Å²) >= 11 is 0. The van der Waals surface area contributed by atoms with Gasteiger partial charge in [0.2, 0.25) is 0 Å². The molecular formula is C25H27N5O2. The Kier molecular flexibility index (Phi) is 5.27. The van der Waals surface area contributed by atoms with Crippen LogP contribution in [0, 0.1) is 0 Å². The largest absolute Gasteiger partial charge is 0.357 e. The highest BCUT2D eigenvalue weighted by molar-refractivity contribution is 5.95. The lowest BCUT2D eigenvalue weighted by molar-refractivity contribution is 0.0952. The molecule has 32 heavy (non-hydrogen) atoms. The van der Waals surface area contributed by atoms with Gasteiger partial charge in [0.15, 0.2) is 0 Å². The molecule has 1 fully saturated rings. The molecule has 0 spiro atoms. The van der Waals surface area contributed by atoms with Crippen LogP contribution in [0.1, 0.15) is 41.2 Å². The van der Waals surface area contributed by atoms with Gasteiger partial charge in [-0.25, -0.2) is 0 Å². The number of pyridine rings is 1. The molecule has 7 heteroatoms. The monoisotopic (exact) mass is 429 g/mol. The predicted molar refractivity (Wildman–Crippen MR) is 126 cm³/mol. The minimum Gasteiger partial charge on any atom is -0.357 e. The quantitative estimate of drug-likeness (QED) is 0.441. The van der Waals surface area contributed by atoms with Gasteiger partial charge in [-0.15, -0.1) is 0 Å². The third-order valence-electron chi connectivity index (χ3n) is 5.99. The minimum atomic E-state index is -0.121. The van der Waals surface area contributed by atoms with E-state index in [1.807, 2.05) is 38.4 Å². The van der Waals surface area contributed by atoms with E-state index in [1.165, 1.54) is 4.68 Å². The molecule has 2 N–H and O–H groups in total. The molecule has 5 rings (SSSR count). The number of aromatic amines is 1. The van der Waals surface area contributed by atoms with Crippen molar-refractivity contribution in [3.63, 3.8) is 0 Å². The number of nitrogens with zero attached hydrogens (tertiary/aromatic N) is 3. The van der Waals surface area contributed by atoms with Crippen molar-refractivity contribution >= 4 is 16.8 Å². The number of nitrogens with one attached hydrogen (secondary N) is 2. The number of amides is 1. The number of carbonyl (C=O) groups excluding carboxylic acids is 1. The van der Waals surface area contributed by atoms with Crippen LogP contribution in [0.4, 0.5) is 0 Å². The molecule has 1 amide bonds. The van der Waals surface area contributed by atoms with Crippen LogP contribution >= 0.6 is 0 Å². The summed E-state index contributed by atoms with van der Waals surface area (Å²) in [6.45, 7) is 1.55. The molecule has 1 saturated carbocycles. The number of H-pyrrole nitrogens is 1. The van der Waals surface area contributed by atoms with Gasteiger partial charge < -0.3 is 15.2 Å². The van der Waals surface area contributed by atoms with Crippen molar-refractivity contribution in [2.75, 3.05) is 27.2 Å². The van der Waals surface area contributed by atoms with Gasteiger partial charge in [-0.05, 0) is 76.2 Å². The van der Waals surface area contributed by atoms with E-state index in [-0.39, 0.29) is 11.5 Å². The second-order valence-corrected chi connectivity index (χ2v) is 8.76. The summed E-state index contributed by atoms with van der Waals surface area (Å²) in [5.41, 5.74) is 4.49. The molecule has 164 valence electrons. The Bertz CT molecular complexity index is 1300. The van der Waals surface area contributed by atoms with Crippen LogP contribution in [0.5, 0.6) is 0 Å². The number of aromatic nitrogens is 3. The van der Waals surface area contributed by atoms with E-state index in [1.54, 1.807) is 24.3 Å². The van der Waals surface area contributed by atoms with E-state index in [0.717, 1.165) is 48.1 Å². The molecule has 3 aliphatic rings. The summed E-state index contributed by atoms with van der Waals surface area (Å²) in [5.74, 6) is 0.283. The van der Waals surface area contributed by atoms with E-state index < -0.39 is 0 Å². The number of fused-ring (bicyclic) bond motifs is 3. The predicted octanol–water partition coefficient (Wildman–Crippen LogP) is 3.38. The first-order chi connectivity index (χ1) is 15.5. The summed E-state index contributed by atoms with van der Waals surface area (Å²) in [4.78, 5) is 31.3. The van der Waals surface area contributed by atoms with Gasteiger partial charge in [0, 0.05) is 28.7 Å². The Labute approximate surface area is 186 Å². The van der Waals surface area contributed by atoms with E-state index in [9.17, 15) is 9.59 Å². The van der Waals surface area contributed by atoms with Crippen LogP contribution in [0.25, 0.3) is 27.8 Å². The van der Waals surface area contributed by atoms with Gasteiger partial charge in [0.25, 0.3) is 11.5 Å². The normalized spacial score (nSPS) is 13.8. The van der Waals surface area contributed by atoms with Gasteiger partial charge in [0.1, 0.15) is 5.69 Å². The number of hydrogen-bond acceptors (Lipinski definition) is 4. The van der Waals surface area contributed by atoms with Crippen LogP contribution in [-0.2, 0) is 0 Å². The van der Waals surface area contributed by atoms with Crippen molar-refractivity contribution in [2.45, 2.75) is 25.2 Å². The number of hydrogen-bond donors (Lipinski definition) is 2. The maximum Gasteiger partial charge on any atom is 0.282 e. The first kappa shape index (κ1) is 20.5. The third kappa shape index (κ3) is 3.80. The second-order valence-electron chi connectivity index (χ2n) is 8.76.